The lowest BCUT2D eigenvalue weighted by atomic mass is 9.99. The standard InChI is InChI=1S/C28H20Cl2N2OS/c1-34-21-10-11-22(23(16-21)17-6-4-7-19(29)13-17)28(33)31-20-9-12-25(30)24(15-20)27-14-18-5-2-3-8-26(18)32-27/h2-16,32H,1H3,(H,31,33). The highest BCUT2D eigenvalue weighted by Crippen LogP contribution is 2.34. The molecule has 0 saturated carbocycles. The Morgan fingerprint density at radius 2 is 1.71 bits per heavy atom. The van der Waals surface area contributed by atoms with E-state index in [1.54, 1.807) is 17.8 Å². The number of aromatic nitrogens is 1. The van der Waals surface area contributed by atoms with E-state index in [1.807, 2.05) is 85.1 Å². The zero-order valence-electron chi connectivity index (χ0n) is 18.2. The molecule has 1 aromatic heterocycles. The molecule has 3 nitrogen and oxygen atoms in total. The number of anilines is 1. The van der Waals surface area contributed by atoms with E-state index in [0.29, 0.717) is 21.3 Å². The number of nitrogens with one attached hydrogen (secondary N) is 2. The summed E-state index contributed by atoms with van der Waals surface area (Å²) in [5.41, 5.74) is 5.70. The molecule has 168 valence electrons. The van der Waals surface area contributed by atoms with Crippen molar-refractivity contribution < 1.29 is 4.79 Å². The Balaban J connectivity index is 1.50. The van der Waals surface area contributed by atoms with E-state index in [4.69, 9.17) is 23.2 Å². The summed E-state index contributed by atoms with van der Waals surface area (Å²) in [5.74, 6) is -0.201. The number of halogens is 2. The van der Waals surface area contributed by atoms with E-state index < -0.39 is 0 Å². The van der Waals surface area contributed by atoms with E-state index in [-0.39, 0.29) is 5.91 Å². The molecule has 0 aliphatic carbocycles. The van der Waals surface area contributed by atoms with Crippen LogP contribution in [0.25, 0.3) is 33.3 Å². The predicted octanol–water partition coefficient (Wildman–Crippen LogP) is 8.78. The minimum Gasteiger partial charge on any atom is -0.354 e. The van der Waals surface area contributed by atoms with Crippen molar-refractivity contribution in [1.82, 2.24) is 4.98 Å². The molecule has 5 aromatic rings. The van der Waals surface area contributed by atoms with Gasteiger partial charge < -0.3 is 10.3 Å². The molecular weight excluding hydrogens is 483 g/mol. The van der Waals surface area contributed by atoms with Crippen LogP contribution in [0.2, 0.25) is 10.0 Å². The van der Waals surface area contributed by atoms with E-state index in [9.17, 15) is 4.79 Å². The average molecular weight is 503 g/mol. The van der Waals surface area contributed by atoms with Crippen LogP contribution in [0.4, 0.5) is 5.69 Å². The van der Waals surface area contributed by atoms with Crippen molar-refractivity contribution in [2.45, 2.75) is 4.90 Å². The summed E-state index contributed by atoms with van der Waals surface area (Å²) in [7, 11) is 0. The lowest BCUT2D eigenvalue weighted by Gasteiger charge is -2.13. The third-order valence-corrected chi connectivity index (χ3v) is 6.94. The molecule has 34 heavy (non-hydrogen) atoms. The number of hydrogen-bond donors (Lipinski definition) is 2. The number of benzene rings is 4. The van der Waals surface area contributed by atoms with E-state index in [2.05, 4.69) is 16.4 Å². The molecule has 6 heteroatoms. The molecule has 1 amide bonds. The fourth-order valence-corrected chi connectivity index (χ4v) is 4.82. The lowest BCUT2D eigenvalue weighted by Crippen LogP contribution is -2.13. The highest BCUT2D eigenvalue weighted by Gasteiger charge is 2.16. The van der Waals surface area contributed by atoms with Crippen LogP contribution >= 0.6 is 35.0 Å². The third kappa shape index (κ3) is 4.58. The van der Waals surface area contributed by atoms with Gasteiger partial charge in [0, 0.05) is 43.3 Å². The van der Waals surface area contributed by atoms with Crippen LogP contribution in [0.1, 0.15) is 10.4 Å². The number of H-pyrrole nitrogens is 1. The summed E-state index contributed by atoms with van der Waals surface area (Å²) in [6.45, 7) is 0. The molecule has 4 aromatic carbocycles. The Morgan fingerprint density at radius 1 is 0.853 bits per heavy atom. The number of para-hydroxylation sites is 1. The number of thioether (sulfide) groups is 1. The predicted molar refractivity (Wildman–Crippen MR) is 145 cm³/mol. The first-order valence-corrected chi connectivity index (χ1v) is 12.6. The van der Waals surface area contributed by atoms with Gasteiger partial charge in [0.05, 0.1) is 5.02 Å². The van der Waals surface area contributed by atoms with Crippen LogP contribution in [0.5, 0.6) is 0 Å². The summed E-state index contributed by atoms with van der Waals surface area (Å²) in [6, 6.07) is 29.0. The van der Waals surface area contributed by atoms with Crippen LogP contribution in [-0.4, -0.2) is 17.1 Å². The number of hydrogen-bond acceptors (Lipinski definition) is 2. The van der Waals surface area contributed by atoms with Gasteiger partial charge in [0.15, 0.2) is 0 Å². The maximum Gasteiger partial charge on any atom is 0.256 e. The summed E-state index contributed by atoms with van der Waals surface area (Å²) in [6.07, 6.45) is 2.01. The van der Waals surface area contributed by atoms with Gasteiger partial charge in [0.25, 0.3) is 5.91 Å². The van der Waals surface area contributed by atoms with Crippen molar-refractivity contribution >= 4 is 57.5 Å². The van der Waals surface area contributed by atoms with Crippen molar-refractivity contribution in [2.75, 3.05) is 11.6 Å². The molecule has 0 unspecified atom stereocenters. The van der Waals surface area contributed by atoms with Crippen molar-refractivity contribution in [3.63, 3.8) is 0 Å². The van der Waals surface area contributed by atoms with E-state index in [1.165, 1.54) is 0 Å². The summed E-state index contributed by atoms with van der Waals surface area (Å²) in [4.78, 5) is 17.8. The van der Waals surface area contributed by atoms with Gasteiger partial charge in [-0.3, -0.25) is 4.79 Å². The van der Waals surface area contributed by atoms with Gasteiger partial charge in [-0.1, -0.05) is 53.5 Å². The zero-order chi connectivity index (χ0) is 23.7. The van der Waals surface area contributed by atoms with Gasteiger partial charge in [-0.25, -0.2) is 0 Å². The van der Waals surface area contributed by atoms with Crippen molar-refractivity contribution in [1.29, 1.82) is 0 Å². The summed E-state index contributed by atoms with van der Waals surface area (Å²) < 4.78 is 0. The minimum absolute atomic E-state index is 0.201. The molecule has 0 atom stereocenters. The van der Waals surface area contributed by atoms with Gasteiger partial charge in [-0.05, 0) is 78.0 Å². The van der Waals surface area contributed by atoms with Crippen LogP contribution in [0.15, 0.2) is 95.9 Å². The first-order chi connectivity index (χ1) is 16.5. The minimum atomic E-state index is -0.201. The Bertz CT molecular complexity index is 1490. The Hall–Kier alpha value is -3.18. The second kappa shape index (κ2) is 9.59. The molecule has 5 rings (SSSR count). The molecule has 0 saturated heterocycles. The van der Waals surface area contributed by atoms with Crippen molar-refractivity contribution in [3.05, 3.63) is 107 Å². The van der Waals surface area contributed by atoms with Gasteiger partial charge in [0.2, 0.25) is 0 Å². The highest BCUT2D eigenvalue weighted by molar-refractivity contribution is 7.98. The van der Waals surface area contributed by atoms with Gasteiger partial charge in [-0.2, -0.15) is 0 Å². The number of rotatable bonds is 5. The van der Waals surface area contributed by atoms with Crippen LogP contribution in [-0.2, 0) is 0 Å². The summed E-state index contributed by atoms with van der Waals surface area (Å²) >= 11 is 14.4. The number of amides is 1. The first kappa shape index (κ1) is 22.6. The molecule has 2 N–H and O–H groups in total. The molecule has 0 spiro atoms. The molecule has 1 heterocycles. The normalized spacial score (nSPS) is 11.0. The van der Waals surface area contributed by atoms with Gasteiger partial charge >= 0.3 is 0 Å². The van der Waals surface area contributed by atoms with Gasteiger partial charge in [-0.15, -0.1) is 11.8 Å². The van der Waals surface area contributed by atoms with Crippen LogP contribution in [0.3, 0.4) is 0 Å². The average Bonchev–Trinajstić information content (AvgIpc) is 3.29. The fourth-order valence-electron chi connectivity index (χ4n) is 3.97. The smallest absolute Gasteiger partial charge is 0.256 e. The Morgan fingerprint density at radius 3 is 2.50 bits per heavy atom. The Kier molecular flexibility index (Phi) is 6.38. The molecule has 0 aliphatic heterocycles. The largest absolute Gasteiger partial charge is 0.354 e. The van der Waals surface area contributed by atoms with E-state index in [0.717, 1.165) is 38.2 Å². The highest BCUT2D eigenvalue weighted by atomic mass is 35.5. The first-order valence-electron chi connectivity index (χ1n) is 10.6. The second-order valence-corrected chi connectivity index (χ2v) is 9.56. The number of aromatic amines is 1. The van der Waals surface area contributed by atoms with Crippen molar-refractivity contribution in [2.24, 2.45) is 0 Å². The monoisotopic (exact) mass is 502 g/mol. The third-order valence-electron chi connectivity index (χ3n) is 5.65. The summed E-state index contributed by atoms with van der Waals surface area (Å²) in [5, 5.41) is 5.37. The lowest BCUT2D eigenvalue weighted by molar-refractivity contribution is 0.102. The van der Waals surface area contributed by atoms with Gasteiger partial charge in [0.1, 0.15) is 0 Å². The number of carbonyl (C=O) groups is 1. The van der Waals surface area contributed by atoms with Crippen molar-refractivity contribution in [3.8, 4) is 22.4 Å². The fraction of sp³-hybridized carbons (Fsp3) is 0.0357. The molecule has 0 aliphatic rings. The Labute approximate surface area is 212 Å². The second-order valence-electron chi connectivity index (χ2n) is 7.84. The quantitative estimate of drug-likeness (QED) is 0.236. The maximum absolute atomic E-state index is 13.4. The molecule has 0 bridgehead atoms. The SMILES string of the molecule is CSc1ccc(C(=O)Nc2ccc(Cl)c(-c3cc4ccccc4[nH]3)c2)c(-c2cccc(Cl)c2)c1. The van der Waals surface area contributed by atoms with E-state index >= 15 is 0 Å². The maximum atomic E-state index is 13.4. The number of carbonyl (C=O) groups excluding carboxylic acids is 1. The molecular formula is C28H20Cl2N2OS. The zero-order valence-corrected chi connectivity index (χ0v) is 20.6. The van der Waals surface area contributed by atoms with Crippen LogP contribution < -0.4 is 5.32 Å². The molecule has 0 radical (unpaired) electrons. The topological polar surface area (TPSA) is 44.9 Å². The molecule has 0 fully saturated rings. The van der Waals surface area contributed by atoms with Crippen LogP contribution in [0, 0.1) is 0 Å². The number of fused-ring (bicyclic) bond motifs is 1.